The summed E-state index contributed by atoms with van der Waals surface area (Å²) in [5, 5.41) is 2.70. The average Bonchev–Trinajstić information content (AvgIpc) is 2.58. The first-order chi connectivity index (χ1) is 12.6. The van der Waals surface area contributed by atoms with E-state index in [1.54, 1.807) is 26.2 Å². The third kappa shape index (κ3) is 8.19. The minimum Gasteiger partial charge on any atom is -0.493 e. The molecule has 0 bridgehead atoms. The third-order valence-electron chi connectivity index (χ3n) is 3.81. The fourth-order valence-corrected chi connectivity index (χ4v) is 2.44. The maximum Gasteiger partial charge on any atom is 0.407 e. The topological polar surface area (TPSA) is 77.1 Å². The molecule has 152 valence electrons. The zero-order valence-corrected chi connectivity index (χ0v) is 17.4. The van der Waals surface area contributed by atoms with E-state index in [4.69, 9.17) is 14.2 Å². The van der Waals surface area contributed by atoms with E-state index in [1.807, 2.05) is 45.9 Å². The number of nitrogens with one attached hydrogen (secondary N) is 1. The lowest BCUT2D eigenvalue weighted by molar-refractivity contribution is -0.131. The van der Waals surface area contributed by atoms with Crippen LogP contribution in [-0.4, -0.2) is 50.3 Å². The Morgan fingerprint density at radius 3 is 2.33 bits per heavy atom. The lowest BCUT2D eigenvalue weighted by atomic mass is 10.1. The van der Waals surface area contributed by atoms with Crippen molar-refractivity contribution >= 4 is 12.0 Å². The maximum atomic E-state index is 12.4. The van der Waals surface area contributed by atoms with Crippen LogP contribution in [-0.2, 0) is 16.1 Å². The lowest BCUT2D eigenvalue weighted by Crippen LogP contribution is -2.36. The van der Waals surface area contributed by atoms with Gasteiger partial charge in [-0.25, -0.2) is 4.79 Å². The van der Waals surface area contributed by atoms with Gasteiger partial charge in [0.05, 0.1) is 14.2 Å². The molecule has 0 aliphatic heterocycles. The Balaban J connectivity index is 2.51. The molecule has 0 radical (unpaired) electrons. The van der Waals surface area contributed by atoms with Crippen LogP contribution < -0.4 is 14.8 Å². The molecule has 1 N–H and O–H groups in total. The SMILES string of the molecule is COc1ccc(CN(C)C(=O)CC(C)CNC(=O)OC(C)(C)C)cc1OC. The number of carbonyl (C=O) groups is 2. The normalized spacial score (nSPS) is 12.1. The van der Waals surface area contributed by atoms with Gasteiger partial charge in [-0.15, -0.1) is 0 Å². The molecular formula is C20H32N2O5. The van der Waals surface area contributed by atoms with E-state index in [2.05, 4.69) is 5.32 Å². The van der Waals surface area contributed by atoms with Crippen molar-refractivity contribution in [1.82, 2.24) is 10.2 Å². The van der Waals surface area contributed by atoms with Crippen molar-refractivity contribution in [3.63, 3.8) is 0 Å². The van der Waals surface area contributed by atoms with E-state index < -0.39 is 11.7 Å². The Bertz CT molecular complexity index is 640. The summed E-state index contributed by atoms with van der Waals surface area (Å²) in [4.78, 5) is 25.8. The quantitative estimate of drug-likeness (QED) is 0.749. The summed E-state index contributed by atoms with van der Waals surface area (Å²) in [5.74, 6) is 1.28. The van der Waals surface area contributed by atoms with Crippen molar-refractivity contribution in [1.29, 1.82) is 0 Å². The van der Waals surface area contributed by atoms with E-state index in [-0.39, 0.29) is 11.8 Å². The second kappa shape index (κ2) is 10.0. The molecule has 0 aromatic heterocycles. The molecule has 0 spiro atoms. The highest BCUT2D eigenvalue weighted by molar-refractivity contribution is 5.76. The summed E-state index contributed by atoms with van der Waals surface area (Å²) in [5.41, 5.74) is 0.408. The van der Waals surface area contributed by atoms with Crippen molar-refractivity contribution in [2.45, 2.75) is 46.3 Å². The average molecular weight is 380 g/mol. The molecule has 2 amide bonds. The van der Waals surface area contributed by atoms with Crippen molar-refractivity contribution in [2.75, 3.05) is 27.8 Å². The summed E-state index contributed by atoms with van der Waals surface area (Å²) < 4.78 is 15.7. The van der Waals surface area contributed by atoms with E-state index in [9.17, 15) is 9.59 Å². The highest BCUT2D eigenvalue weighted by Crippen LogP contribution is 2.28. The van der Waals surface area contributed by atoms with Crippen molar-refractivity contribution < 1.29 is 23.8 Å². The van der Waals surface area contributed by atoms with Crippen LogP contribution in [0.1, 0.15) is 39.7 Å². The van der Waals surface area contributed by atoms with Gasteiger partial charge in [-0.1, -0.05) is 13.0 Å². The largest absolute Gasteiger partial charge is 0.493 e. The van der Waals surface area contributed by atoms with Gasteiger partial charge in [0.15, 0.2) is 11.5 Å². The summed E-state index contributed by atoms with van der Waals surface area (Å²) in [6.45, 7) is 8.18. The summed E-state index contributed by atoms with van der Waals surface area (Å²) in [6.07, 6.45) is -0.139. The first-order valence-electron chi connectivity index (χ1n) is 8.97. The third-order valence-corrected chi connectivity index (χ3v) is 3.81. The Hall–Kier alpha value is -2.44. The fraction of sp³-hybridized carbons (Fsp3) is 0.600. The number of hydrogen-bond donors (Lipinski definition) is 1. The fourth-order valence-electron chi connectivity index (χ4n) is 2.44. The van der Waals surface area contributed by atoms with E-state index >= 15 is 0 Å². The number of ether oxygens (including phenoxy) is 3. The highest BCUT2D eigenvalue weighted by atomic mass is 16.6. The number of carbonyl (C=O) groups excluding carboxylic acids is 2. The van der Waals surface area contributed by atoms with Gasteiger partial charge in [-0.05, 0) is 44.4 Å². The molecule has 7 heteroatoms. The first kappa shape index (κ1) is 22.6. The number of hydrogen-bond acceptors (Lipinski definition) is 5. The predicted octanol–water partition coefficient (Wildman–Crippen LogP) is 3.21. The molecule has 7 nitrogen and oxygen atoms in total. The van der Waals surface area contributed by atoms with Crippen LogP contribution in [0.3, 0.4) is 0 Å². The molecular weight excluding hydrogens is 348 g/mol. The van der Waals surface area contributed by atoms with E-state index in [0.717, 1.165) is 5.56 Å². The van der Waals surface area contributed by atoms with Crippen LogP contribution in [0.25, 0.3) is 0 Å². The monoisotopic (exact) mass is 380 g/mol. The summed E-state index contributed by atoms with van der Waals surface area (Å²) >= 11 is 0. The van der Waals surface area contributed by atoms with Crippen LogP contribution in [0.15, 0.2) is 18.2 Å². The van der Waals surface area contributed by atoms with E-state index in [0.29, 0.717) is 31.0 Å². The van der Waals surface area contributed by atoms with Crippen LogP contribution in [0.4, 0.5) is 4.79 Å². The van der Waals surface area contributed by atoms with Crippen molar-refractivity contribution in [2.24, 2.45) is 5.92 Å². The second-order valence-electron chi connectivity index (χ2n) is 7.63. The van der Waals surface area contributed by atoms with Crippen LogP contribution in [0.2, 0.25) is 0 Å². The number of benzene rings is 1. The van der Waals surface area contributed by atoms with Gasteiger partial charge in [0.1, 0.15) is 5.60 Å². The number of methoxy groups -OCH3 is 2. The van der Waals surface area contributed by atoms with Gasteiger partial charge < -0.3 is 24.4 Å². The van der Waals surface area contributed by atoms with Crippen LogP contribution >= 0.6 is 0 Å². The predicted molar refractivity (Wildman–Crippen MR) is 104 cm³/mol. The molecule has 0 aliphatic rings. The van der Waals surface area contributed by atoms with E-state index in [1.165, 1.54) is 0 Å². The van der Waals surface area contributed by atoms with Crippen molar-refractivity contribution in [3.05, 3.63) is 23.8 Å². The molecule has 0 saturated heterocycles. The van der Waals surface area contributed by atoms with Crippen molar-refractivity contribution in [3.8, 4) is 11.5 Å². The molecule has 0 aliphatic carbocycles. The Labute approximate surface area is 162 Å². The first-order valence-corrected chi connectivity index (χ1v) is 8.97. The molecule has 1 rings (SSSR count). The number of nitrogens with zero attached hydrogens (tertiary/aromatic N) is 1. The molecule has 1 aromatic rings. The molecule has 0 fully saturated rings. The number of amides is 2. The molecule has 0 saturated carbocycles. The van der Waals surface area contributed by atoms with Gasteiger partial charge in [0.25, 0.3) is 0 Å². The molecule has 0 heterocycles. The zero-order valence-electron chi connectivity index (χ0n) is 17.4. The van der Waals surface area contributed by atoms with Gasteiger partial charge in [-0.2, -0.15) is 0 Å². The lowest BCUT2D eigenvalue weighted by Gasteiger charge is -2.22. The molecule has 27 heavy (non-hydrogen) atoms. The zero-order chi connectivity index (χ0) is 20.6. The van der Waals surface area contributed by atoms with Gasteiger partial charge in [-0.3, -0.25) is 4.79 Å². The van der Waals surface area contributed by atoms with Gasteiger partial charge in [0, 0.05) is 26.6 Å². The standard InChI is InChI=1S/C20H32N2O5/c1-14(12-21-19(24)27-20(2,3)4)10-18(23)22(5)13-15-8-9-16(25-6)17(11-15)26-7/h8-9,11,14H,10,12-13H2,1-7H3,(H,21,24). The smallest absolute Gasteiger partial charge is 0.407 e. The molecule has 1 unspecified atom stereocenters. The Morgan fingerprint density at radius 1 is 1.15 bits per heavy atom. The summed E-state index contributed by atoms with van der Waals surface area (Å²) in [7, 11) is 4.92. The Kier molecular flexibility index (Phi) is 8.40. The molecule has 1 atom stereocenters. The van der Waals surface area contributed by atoms with Crippen LogP contribution in [0.5, 0.6) is 11.5 Å². The number of rotatable bonds is 8. The highest BCUT2D eigenvalue weighted by Gasteiger charge is 2.18. The minimum atomic E-state index is -0.539. The molecule has 1 aromatic carbocycles. The van der Waals surface area contributed by atoms with Crippen LogP contribution in [0, 0.1) is 5.92 Å². The van der Waals surface area contributed by atoms with Gasteiger partial charge >= 0.3 is 6.09 Å². The summed E-state index contributed by atoms with van der Waals surface area (Å²) in [6, 6.07) is 5.58. The number of alkyl carbamates (subject to hydrolysis) is 1. The maximum absolute atomic E-state index is 12.4. The Morgan fingerprint density at radius 2 is 1.78 bits per heavy atom. The minimum absolute atomic E-state index is 0.00197. The second-order valence-corrected chi connectivity index (χ2v) is 7.63. The van der Waals surface area contributed by atoms with Gasteiger partial charge in [0.2, 0.25) is 5.91 Å².